The first-order valence-corrected chi connectivity index (χ1v) is 10.0. The lowest BCUT2D eigenvalue weighted by atomic mass is 10.00. The van der Waals surface area contributed by atoms with Crippen molar-refractivity contribution in [1.82, 2.24) is 0 Å². The van der Waals surface area contributed by atoms with Gasteiger partial charge in [-0.25, -0.2) is 0 Å². The van der Waals surface area contributed by atoms with Gasteiger partial charge in [0.15, 0.2) is 0 Å². The number of carbonyl (C=O) groups is 2. The smallest absolute Gasteiger partial charge is 0.258 e. The third-order valence-corrected chi connectivity index (χ3v) is 5.29. The number of hydrogen-bond acceptors (Lipinski definition) is 2. The van der Waals surface area contributed by atoms with Crippen molar-refractivity contribution in [2.75, 3.05) is 16.8 Å². The summed E-state index contributed by atoms with van der Waals surface area (Å²) in [7, 11) is 0. The molecule has 4 nitrogen and oxygen atoms in total. The Morgan fingerprint density at radius 1 is 0.862 bits per heavy atom. The molecule has 0 atom stereocenters. The normalized spacial score (nSPS) is 13.0. The molecule has 3 aromatic rings. The zero-order valence-electron chi connectivity index (χ0n) is 15.5. The topological polar surface area (TPSA) is 49.4 Å². The molecule has 4 rings (SSSR count). The van der Waals surface area contributed by atoms with Crippen LogP contribution in [0.4, 0.5) is 11.4 Å². The standard InChI is InChI=1S/C23H18Cl2N2O2/c24-18-11-17(12-19(25)13-18)22(28)26-20-9-8-15-7-4-10-27(21(15)14-20)23(29)16-5-2-1-3-6-16/h1-3,5-6,8-9,11-14H,4,7,10H2,(H,26,28). The highest BCUT2D eigenvalue weighted by Crippen LogP contribution is 2.31. The van der Waals surface area contributed by atoms with E-state index in [-0.39, 0.29) is 11.8 Å². The van der Waals surface area contributed by atoms with Crippen LogP contribution in [0.15, 0.2) is 66.7 Å². The maximum absolute atomic E-state index is 13.0. The zero-order valence-corrected chi connectivity index (χ0v) is 17.0. The van der Waals surface area contributed by atoms with Crippen molar-refractivity contribution >= 4 is 46.4 Å². The van der Waals surface area contributed by atoms with Crippen LogP contribution < -0.4 is 10.2 Å². The molecule has 1 heterocycles. The van der Waals surface area contributed by atoms with Gasteiger partial charge >= 0.3 is 0 Å². The quantitative estimate of drug-likeness (QED) is 0.573. The molecule has 1 aliphatic rings. The van der Waals surface area contributed by atoms with E-state index in [4.69, 9.17) is 23.2 Å². The molecule has 2 amide bonds. The monoisotopic (exact) mass is 424 g/mol. The van der Waals surface area contributed by atoms with E-state index >= 15 is 0 Å². The summed E-state index contributed by atoms with van der Waals surface area (Å²) in [6.45, 7) is 0.641. The molecule has 0 saturated heterocycles. The van der Waals surface area contributed by atoms with Gasteiger partial charge in [-0.15, -0.1) is 0 Å². The summed E-state index contributed by atoms with van der Waals surface area (Å²) in [6, 6.07) is 19.6. The molecular formula is C23H18Cl2N2O2. The first-order valence-electron chi connectivity index (χ1n) is 9.28. The van der Waals surface area contributed by atoms with Gasteiger partial charge in [-0.1, -0.05) is 47.5 Å². The van der Waals surface area contributed by atoms with Gasteiger partial charge in [-0.3, -0.25) is 9.59 Å². The summed E-state index contributed by atoms with van der Waals surface area (Å²) in [5.41, 5.74) is 3.54. The molecule has 0 aromatic heterocycles. The Bertz CT molecular complexity index is 1060. The molecule has 0 fully saturated rings. The highest BCUT2D eigenvalue weighted by molar-refractivity contribution is 6.35. The lowest BCUT2D eigenvalue weighted by molar-refractivity contribution is 0.0984. The molecule has 0 unspecified atom stereocenters. The van der Waals surface area contributed by atoms with Crippen LogP contribution in [0, 0.1) is 0 Å². The Morgan fingerprint density at radius 2 is 1.59 bits per heavy atom. The SMILES string of the molecule is O=C(Nc1ccc2c(c1)N(C(=O)c1ccccc1)CCC2)c1cc(Cl)cc(Cl)c1. The number of rotatable bonds is 3. The van der Waals surface area contributed by atoms with Crippen LogP contribution >= 0.6 is 23.2 Å². The van der Waals surface area contributed by atoms with Crippen LogP contribution in [0.5, 0.6) is 0 Å². The van der Waals surface area contributed by atoms with Gasteiger partial charge in [0.25, 0.3) is 11.8 Å². The Hall–Kier alpha value is -2.82. The third kappa shape index (κ3) is 4.29. The fourth-order valence-corrected chi connectivity index (χ4v) is 4.01. The molecule has 0 bridgehead atoms. The fourth-order valence-electron chi connectivity index (χ4n) is 3.49. The van der Waals surface area contributed by atoms with Gasteiger partial charge < -0.3 is 10.2 Å². The van der Waals surface area contributed by atoms with E-state index in [0.29, 0.717) is 33.4 Å². The van der Waals surface area contributed by atoms with Crippen LogP contribution in [0.3, 0.4) is 0 Å². The molecule has 29 heavy (non-hydrogen) atoms. The summed E-state index contributed by atoms with van der Waals surface area (Å²) >= 11 is 12.0. The average molecular weight is 425 g/mol. The van der Waals surface area contributed by atoms with E-state index in [1.165, 1.54) is 0 Å². The van der Waals surface area contributed by atoms with E-state index in [1.807, 2.05) is 48.5 Å². The number of amides is 2. The molecule has 6 heteroatoms. The van der Waals surface area contributed by atoms with Gasteiger partial charge in [0.05, 0.1) is 0 Å². The van der Waals surface area contributed by atoms with Gasteiger partial charge in [0.2, 0.25) is 0 Å². The lowest BCUT2D eigenvalue weighted by Gasteiger charge is -2.30. The zero-order chi connectivity index (χ0) is 20.4. The number of anilines is 2. The Morgan fingerprint density at radius 3 is 2.31 bits per heavy atom. The van der Waals surface area contributed by atoms with Crippen molar-refractivity contribution in [3.63, 3.8) is 0 Å². The van der Waals surface area contributed by atoms with Crippen molar-refractivity contribution in [2.45, 2.75) is 12.8 Å². The van der Waals surface area contributed by atoms with Crippen LogP contribution in [-0.4, -0.2) is 18.4 Å². The summed E-state index contributed by atoms with van der Waals surface area (Å²) in [5.74, 6) is -0.359. The lowest BCUT2D eigenvalue weighted by Crippen LogP contribution is -2.35. The summed E-state index contributed by atoms with van der Waals surface area (Å²) in [4.78, 5) is 27.4. The Kier molecular flexibility index (Phi) is 5.56. The second-order valence-electron chi connectivity index (χ2n) is 6.88. The highest BCUT2D eigenvalue weighted by Gasteiger charge is 2.24. The second-order valence-corrected chi connectivity index (χ2v) is 7.75. The van der Waals surface area contributed by atoms with Crippen LogP contribution in [-0.2, 0) is 6.42 Å². The number of aryl methyl sites for hydroxylation is 1. The molecule has 146 valence electrons. The molecule has 1 N–H and O–H groups in total. The minimum absolute atomic E-state index is 0.0448. The molecule has 1 aliphatic heterocycles. The van der Waals surface area contributed by atoms with Crippen molar-refractivity contribution < 1.29 is 9.59 Å². The minimum Gasteiger partial charge on any atom is -0.322 e. The molecule has 3 aromatic carbocycles. The highest BCUT2D eigenvalue weighted by atomic mass is 35.5. The number of fused-ring (bicyclic) bond motifs is 1. The van der Waals surface area contributed by atoms with Crippen molar-refractivity contribution in [2.24, 2.45) is 0 Å². The number of benzene rings is 3. The van der Waals surface area contributed by atoms with Gasteiger partial charge in [0.1, 0.15) is 0 Å². The van der Waals surface area contributed by atoms with E-state index < -0.39 is 0 Å². The Balaban J connectivity index is 1.61. The van der Waals surface area contributed by atoms with E-state index in [1.54, 1.807) is 23.1 Å². The summed E-state index contributed by atoms with van der Waals surface area (Å²) in [6.07, 6.45) is 1.80. The largest absolute Gasteiger partial charge is 0.322 e. The first-order chi connectivity index (χ1) is 14.0. The average Bonchev–Trinajstić information content (AvgIpc) is 2.72. The predicted octanol–water partition coefficient (Wildman–Crippen LogP) is 5.84. The van der Waals surface area contributed by atoms with Crippen molar-refractivity contribution in [3.8, 4) is 0 Å². The van der Waals surface area contributed by atoms with Crippen LogP contribution in [0.25, 0.3) is 0 Å². The maximum atomic E-state index is 13.0. The van der Waals surface area contributed by atoms with E-state index in [9.17, 15) is 9.59 Å². The number of hydrogen-bond donors (Lipinski definition) is 1. The predicted molar refractivity (Wildman–Crippen MR) is 117 cm³/mol. The fraction of sp³-hybridized carbons (Fsp3) is 0.130. The maximum Gasteiger partial charge on any atom is 0.258 e. The van der Waals surface area contributed by atoms with Crippen LogP contribution in [0.2, 0.25) is 10.0 Å². The molecule has 0 aliphatic carbocycles. The number of nitrogens with one attached hydrogen (secondary N) is 1. The number of carbonyl (C=O) groups excluding carboxylic acids is 2. The van der Waals surface area contributed by atoms with Gasteiger partial charge in [-0.05, 0) is 60.9 Å². The molecule has 0 spiro atoms. The van der Waals surface area contributed by atoms with Crippen LogP contribution in [0.1, 0.15) is 32.7 Å². The van der Waals surface area contributed by atoms with Gasteiger partial charge in [0, 0.05) is 39.1 Å². The number of halogens is 2. The van der Waals surface area contributed by atoms with Gasteiger partial charge in [-0.2, -0.15) is 0 Å². The second kappa shape index (κ2) is 8.27. The molecule has 0 saturated carbocycles. The van der Waals surface area contributed by atoms with Crippen molar-refractivity contribution in [3.05, 3.63) is 93.5 Å². The van der Waals surface area contributed by atoms with E-state index in [2.05, 4.69) is 5.32 Å². The Labute approximate surface area is 179 Å². The minimum atomic E-state index is -0.314. The first kappa shape index (κ1) is 19.5. The summed E-state index contributed by atoms with van der Waals surface area (Å²) in [5, 5.41) is 3.66. The number of nitrogens with zero attached hydrogens (tertiary/aromatic N) is 1. The molecule has 0 radical (unpaired) electrons. The summed E-state index contributed by atoms with van der Waals surface area (Å²) < 4.78 is 0. The molecular weight excluding hydrogens is 407 g/mol. The van der Waals surface area contributed by atoms with E-state index in [0.717, 1.165) is 24.1 Å². The van der Waals surface area contributed by atoms with Crippen molar-refractivity contribution in [1.29, 1.82) is 0 Å². The third-order valence-electron chi connectivity index (χ3n) is 4.85.